The molecular formula is C45H48Br2F6O8. The van der Waals surface area contributed by atoms with E-state index < -0.39 is 58.8 Å². The fourth-order valence-electron chi connectivity index (χ4n) is 6.49. The summed E-state index contributed by atoms with van der Waals surface area (Å²) >= 11 is 6.87. The Morgan fingerprint density at radius 3 is 1.41 bits per heavy atom. The molecule has 1 N–H and O–H groups in total. The second kappa shape index (κ2) is 22.8. The predicted octanol–water partition coefficient (Wildman–Crippen LogP) is 11.9. The first kappa shape index (κ1) is 49.5. The van der Waals surface area contributed by atoms with Gasteiger partial charge in [0.2, 0.25) is 0 Å². The van der Waals surface area contributed by atoms with Crippen LogP contribution < -0.4 is 9.47 Å². The number of aryl methyl sites for hydroxylation is 2. The largest absolute Gasteiger partial charge is 0.492 e. The minimum absolute atomic E-state index is 0.124. The Morgan fingerprint density at radius 1 is 0.623 bits per heavy atom. The van der Waals surface area contributed by atoms with Crippen molar-refractivity contribution in [2.24, 2.45) is 0 Å². The summed E-state index contributed by atoms with van der Waals surface area (Å²) in [7, 11) is 0. The minimum atomic E-state index is -4.94. The number of carbonyl (C=O) groups is 2. The molecule has 4 rings (SSSR count). The quantitative estimate of drug-likeness (QED) is 0.0472. The molecule has 0 heterocycles. The highest BCUT2D eigenvalue weighted by molar-refractivity contribution is 9.11. The van der Waals surface area contributed by atoms with Crippen LogP contribution in [0.1, 0.15) is 73.9 Å². The van der Waals surface area contributed by atoms with E-state index >= 15 is 0 Å². The van der Waals surface area contributed by atoms with Crippen molar-refractivity contribution in [3.8, 4) is 22.6 Å². The van der Waals surface area contributed by atoms with Gasteiger partial charge in [-0.1, -0.05) is 36.4 Å². The lowest BCUT2D eigenvalue weighted by Gasteiger charge is -2.20. The molecule has 0 aliphatic rings. The van der Waals surface area contributed by atoms with Crippen LogP contribution in [-0.4, -0.2) is 61.8 Å². The molecule has 0 saturated carbocycles. The van der Waals surface area contributed by atoms with Crippen LogP contribution in [0.4, 0.5) is 26.3 Å². The number of carbonyl (C=O) groups excluding carboxylic acids is 1. The summed E-state index contributed by atoms with van der Waals surface area (Å²) in [5.41, 5.74) is -1.47. The Hall–Kier alpha value is -4.12. The van der Waals surface area contributed by atoms with Crippen LogP contribution >= 0.6 is 31.9 Å². The molecular weight excluding hydrogens is 942 g/mol. The molecule has 0 aliphatic heterocycles. The molecule has 2 atom stereocenters. The molecule has 0 amide bonds. The fraction of sp³-hybridized carbons (Fsp3) is 0.422. The van der Waals surface area contributed by atoms with Crippen molar-refractivity contribution < 1.29 is 64.7 Å². The van der Waals surface area contributed by atoms with Crippen molar-refractivity contribution in [2.75, 3.05) is 26.4 Å². The number of halogens is 8. The summed E-state index contributed by atoms with van der Waals surface area (Å²) in [5.74, 6) is -0.621. The van der Waals surface area contributed by atoms with Crippen molar-refractivity contribution in [3.05, 3.63) is 115 Å². The van der Waals surface area contributed by atoms with E-state index in [1.165, 1.54) is 12.1 Å². The number of ether oxygens (including phenoxy) is 5. The average Bonchev–Trinajstić information content (AvgIpc) is 3.18. The molecule has 0 saturated heterocycles. The SMILES string of the molecule is CCO[C@@H](Cc1ccc(OCCCc2ccc(-c3ccc(CCCOc4ccc(C[C@H](OCC)C(=O)OC(C)C)cc4Br)cc3C(F)(F)F)c(C(F)(F)F)c2)c(Br)c1)C(=O)O. The molecule has 0 spiro atoms. The van der Waals surface area contributed by atoms with Crippen LogP contribution in [0, 0.1) is 0 Å². The summed E-state index contributed by atoms with van der Waals surface area (Å²) in [6, 6.07) is 17.0. The van der Waals surface area contributed by atoms with Gasteiger partial charge in [0.1, 0.15) is 11.5 Å². The van der Waals surface area contributed by atoms with Gasteiger partial charge in [0.05, 0.1) is 39.4 Å². The summed E-state index contributed by atoms with van der Waals surface area (Å²) < 4.78 is 116. The zero-order valence-electron chi connectivity index (χ0n) is 34.1. The summed E-state index contributed by atoms with van der Waals surface area (Å²) in [6.07, 6.45) is -10.6. The normalized spacial score (nSPS) is 12.9. The highest BCUT2D eigenvalue weighted by Gasteiger charge is 2.39. The van der Waals surface area contributed by atoms with E-state index in [-0.39, 0.29) is 62.7 Å². The van der Waals surface area contributed by atoms with E-state index in [0.717, 1.165) is 29.8 Å². The van der Waals surface area contributed by atoms with Crippen molar-refractivity contribution in [3.63, 3.8) is 0 Å². The lowest BCUT2D eigenvalue weighted by atomic mass is 9.91. The number of alkyl halides is 6. The number of aliphatic carboxylic acids is 1. The Morgan fingerprint density at radius 2 is 1.03 bits per heavy atom. The molecule has 0 aliphatic carbocycles. The van der Waals surface area contributed by atoms with Crippen LogP contribution in [0.3, 0.4) is 0 Å². The molecule has 332 valence electrons. The molecule has 61 heavy (non-hydrogen) atoms. The number of hydrogen-bond acceptors (Lipinski definition) is 7. The summed E-state index contributed by atoms with van der Waals surface area (Å²) in [5, 5.41) is 9.35. The van der Waals surface area contributed by atoms with Crippen LogP contribution in [0.5, 0.6) is 11.5 Å². The van der Waals surface area contributed by atoms with Gasteiger partial charge in [0.15, 0.2) is 12.2 Å². The van der Waals surface area contributed by atoms with Gasteiger partial charge in [-0.05, 0) is 155 Å². The zero-order chi connectivity index (χ0) is 44.9. The molecule has 4 aromatic rings. The highest BCUT2D eigenvalue weighted by atomic mass is 79.9. The van der Waals surface area contributed by atoms with E-state index in [4.69, 9.17) is 23.7 Å². The molecule has 16 heteroatoms. The third-order valence-corrected chi connectivity index (χ3v) is 10.5. The topological polar surface area (TPSA) is 101 Å². The first-order valence-corrected chi connectivity index (χ1v) is 21.3. The third kappa shape index (κ3) is 15.0. The third-order valence-electron chi connectivity index (χ3n) is 9.26. The summed E-state index contributed by atoms with van der Waals surface area (Å²) in [4.78, 5) is 23.9. The van der Waals surface area contributed by atoms with Crippen LogP contribution in [0.2, 0.25) is 0 Å². The van der Waals surface area contributed by atoms with Crippen molar-refractivity contribution >= 4 is 43.8 Å². The first-order valence-electron chi connectivity index (χ1n) is 19.7. The van der Waals surface area contributed by atoms with Crippen molar-refractivity contribution in [1.29, 1.82) is 0 Å². The Bertz CT molecular complexity index is 2090. The summed E-state index contributed by atoms with van der Waals surface area (Å²) in [6.45, 7) is 7.80. The van der Waals surface area contributed by atoms with Gasteiger partial charge in [-0.2, -0.15) is 26.3 Å². The number of hydrogen-bond donors (Lipinski definition) is 1. The molecule has 4 aromatic carbocycles. The maximum absolute atomic E-state index is 14.5. The predicted molar refractivity (Wildman–Crippen MR) is 225 cm³/mol. The van der Waals surface area contributed by atoms with E-state index in [9.17, 15) is 41.0 Å². The van der Waals surface area contributed by atoms with Gasteiger partial charge in [-0.3, -0.25) is 0 Å². The van der Waals surface area contributed by atoms with Gasteiger partial charge < -0.3 is 28.8 Å². The molecule has 0 bridgehead atoms. The second-order valence-corrected chi connectivity index (χ2v) is 16.0. The lowest BCUT2D eigenvalue weighted by Crippen LogP contribution is -2.30. The van der Waals surface area contributed by atoms with E-state index in [0.29, 0.717) is 45.5 Å². The Labute approximate surface area is 368 Å². The fourth-order valence-corrected chi connectivity index (χ4v) is 7.57. The second-order valence-electron chi connectivity index (χ2n) is 14.3. The van der Waals surface area contributed by atoms with Crippen LogP contribution in [0.25, 0.3) is 11.1 Å². The molecule has 8 nitrogen and oxygen atoms in total. The molecule has 0 aromatic heterocycles. The van der Waals surface area contributed by atoms with Crippen LogP contribution in [-0.2, 0) is 61.8 Å². The number of esters is 1. The highest BCUT2D eigenvalue weighted by Crippen LogP contribution is 2.43. The molecule has 0 radical (unpaired) electrons. The maximum Gasteiger partial charge on any atom is 0.417 e. The average molecular weight is 991 g/mol. The Balaban J connectivity index is 1.39. The lowest BCUT2D eigenvalue weighted by molar-refractivity contribution is -0.160. The van der Waals surface area contributed by atoms with Gasteiger partial charge in [0, 0.05) is 26.1 Å². The van der Waals surface area contributed by atoms with E-state index in [1.54, 1.807) is 64.1 Å². The van der Waals surface area contributed by atoms with Gasteiger partial charge in [-0.25, -0.2) is 9.59 Å². The monoisotopic (exact) mass is 988 g/mol. The van der Waals surface area contributed by atoms with Gasteiger partial charge >= 0.3 is 24.3 Å². The number of carboxylic acid groups (broad SMARTS) is 1. The Kier molecular flexibility index (Phi) is 18.5. The van der Waals surface area contributed by atoms with Crippen molar-refractivity contribution in [1.82, 2.24) is 0 Å². The number of rotatable bonds is 22. The number of benzene rings is 4. The van der Waals surface area contributed by atoms with Gasteiger partial charge in [0.25, 0.3) is 0 Å². The zero-order valence-corrected chi connectivity index (χ0v) is 37.2. The van der Waals surface area contributed by atoms with Gasteiger partial charge in [-0.15, -0.1) is 0 Å². The first-order chi connectivity index (χ1) is 28.8. The van der Waals surface area contributed by atoms with E-state index in [1.807, 2.05) is 0 Å². The maximum atomic E-state index is 14.5. The minimum Gasteiger partial charge on any atom is -0.492 e. The van der Waals surface area contributed by atoms with Crippen LogP contribution in [0.15, 0.2) is 81.7 Å². The molecule has 0 unspecified atom stereocenters. The smallest absolute Gasteiger partial charge is 0.417 e. The number of carboxylic acids is 1. The van der Waals surface area contributed by atoms with E-state index in [2.05, 4.69) is 31.9 Å². The standard InChI is InChI=1S/C45H48Br2F6O8/c1-5-57-40(42(54)55)25-30-13-17-38(36(46)23-30)59-19-7-9-28-11-15-32(34(21-28)44(48,49)50)33-16-12-29(22-35(33)45(51,52)53)10-8-20-60-39-18-14-31(24-37(39)47)26-41(58-6-2)43(56)61-27(3)4/h11-18,21-24,27,40-41H,5-10,19-20,25-26H2,1-4H3,(H,54,55)/t40-,41-/m0/s1. The van der Waals surface area contributed by atoms with Crippen molar-refractivity contribution in [2.45, 2.75) is 96.9 Å². The molecule has 0 fully saturated rings.